The Morgan fingerprint density at radius 2 is 1.93 bits per heavy atom. The van der Waals surface area contributed by atoms with Gasteiger partial charge in [-0.3, -0.25) is 0 Å². The molecular weight excluding hydrogens is 220 g/mol. The van der Waals surface area contributed by atoms with Crippen molar-refractivity contribution < 1.29 is 14.3 Å². The number of ether oxygens (including phenoxy) is 1. The summed E-state index contributed by atoms with van der Waals surface area (Å²) < 4.78 is 4.91. The number of hydrogen-bond donors (Lipinski definition) is 0. The van der Waals surface area contributed by atoms with Crippen LogP contribution in [0.25, 0.3) is 0 Å². The topological polar surface area (TPSA) is 68.1 Å². The quantitative estimate of drug-likeness (QED) is 0.584. The number of isocyanates is 2. The van der Waals surface area contributed by atoms with Gasteiger partial charge in [0.05, 0.1) is 12.8 Å². The second-order valence-corrected chi connectivity index (χ2v) is 2.77. The first-order valence-corrected chi connectivity index (χ1v) is 4.14. The predicted octanol–water partition coefficient (Wildman–Crippen LogP) is 2.28. The molecule has 0 spiro atoms. The largest absolute Gasteiger partial charge is 0.495 e. The Hall–Kier alpha value is -1.93. The van der Waals surface area contributed by atoms with Crippen molar-refractivity contribution in [3.05, 3.63) is 17.2 Å². The molecule has 0 saturated carbocycles. The maximum Gasteiger partial charge on any atom is 0.240 e. The third-order valence-corrected chi connectivity index (χ3v) is 1.95. The number of aliphatic imine (C=N–C) groups is 2. The van der Waals surface area contributed by atoms with Crippen LogP contribution in [0, 0.1) is 0 Å². The fourth-order valence-electron chi connectivity index (χ4n) is 0.965. The van der Waals surface area contributed by atoms with Gasteiger partial charge in [0.15, 0.2) is 0 Å². The molecule has 0 saturated heterocycles. The number of halogens is 1. The Morgan fingerprint density at radius 3 is 2.47 bits per heavy atom. The molecule has 5 nitrogen and oxygen atoms in total. The van der Waals surface area contributed by atoms with Crippen molar-refractivity contribution in [3.63, 3.8) is 0 Å². The van der Waals surface area contributed by atoms with Crippen molar-refractivity contribution in [2.75, 3.05) is 7.11 Å². The number of methoxy groups -OCH3 is 1. The van der Waals surface area contributed by atoms with Crippen molar-refractivity contribution in [1.29, 1.82) is 0 Å². The van der Waals surface area contributed by atoms with Gasteiger partial charge in [-0.05, 0) is 6.07 Å². The number of nitrogens with zero attached hydrogens (tertiary/aromatic N) is 2. The molecule has 1 rings (SSSR count). The van der Waals surface area contributed by atoms with Gasteiger partial charge < -0.3 is 4.74 Å². The molecule has 1 aromatic carbocycles. The molecule has 0 aliphatic rings. The highest BCUT2D eigenvalue weighted by Crippen LogP contribution is 2.37. The molecule has 0 aliphatic carbocycles. The van der Waals surface area contributed by atoms with Crippen LogP contribution in [0.3, 0.4) is 0 Å². The molecule has 0 fully saturated rings. The molecule has 76 valence electrons. The van der Waals surface area contributed by atoms with E-state index in [2.05, 4.69) is 9.98 Å². The van der Waals surface area contributed by atoms with Crippen LogP contribution in [-0.4, -0.2) is 19.3 Å². The summed E-state index contributed by atoms with van der Waals surface area (Å²) in [5, 5.41) is 0.158. The smallest absolute Gasteiger partial charge is 0.240 e. The minimum Gasteiger partial charge on any atom is -0.495 e. The average Bonchev–Trinajstić information content (AvgIpc) is 2.23. The van der Waals surface area contributed by atoms with E-state index in [4.69, 9.17) is 16.3 Å². The van der Waals surface area contributed by atoms with E-state index >= 15 is 0 Å². The maximum absolute atomic E-state index is 10.1. The van der Waals surface area contributed by atoms with E-state index in [9.17, 15) is 9.59 Å². The van der Waals surface area contributed by atoms with Gasteiger partial charge in [0.2, 0.25) is 12.2 Å². The Kier molecular flexibility index (Phi) is 3.77. The van der Waals surface area contributed by atoms with Crippen molar-refractivity contribution in [1.82, 2.24) is 0 Å². The summed E-state index contributed by atoms with van der Waals surface area (Å²) in [6.45, 7) is 0. The van der Waals surface area contributed by atoms with Crippen LogP contribution >= 0.6 is 11.6 Å². The second kappa shape index (κ2) is 5.08. The summed E-state index contributed by atoms with van der Waals surface area (Å²) in [4.78, 5) is 26.9. The van der Waals surface area contributed by atoms with Gasteiger partial charge in [-0.1, -0.05) is 11.6 Å². The van der Waals surface area contributed by atoms with E-state index in [1.165, 1.54) is 31.4 Å². The molecule has 15 heavy (non-hydrogen) atoms. The van der Waals surface area contributed by atoms with E-state index in [0.29, 0.717) is 0 Å². The third kappa shape index (κ3) is 2.51. The van der Waals surface area contributed by atoms with Crippen molar-refractivity contribution in [3.8, 4) is 5.75 Å². The Labute approximate surface area is 90.1 Å². The van der Waals surface area contributed by atoms with Crippen LogP contribution in [0.2, 0.25) is 5.02 Å². The maximum atomic E-state index is 10.1. The van der Waals surface area contributed by atoms with Gasteiger partial charge in [0, 0.05) is 6.07 Å². The number of carbonyl (C=O) groups excluding carboxylic acids is 2. The fraction of sp³-hybridized carbons (Fsp3) is 0.111. The molecule has 0 aliphatic heterocycles. The molecule has 0 amide bonds. The molecule has 1 aromatic rings. The third-order valence-electron chi connectivity index (χ3n) is 1.57. The fourth-order valence-corrected chi connectivity index (χ4v) is 1.19. The standard InChI is InChI=1S/C9H5ClN2O3/c1-15-8-3-6(11-4-13)2-7(9(8)10)12-5-14/h2-3H,1H3. The average molecular weight is 225 g/mol. The number of benzene rings is 1. The normalized spacial score (nSPS) is 8.67. The van der Waals surface area contributed by atoms with Crippen molar-refractivity contribution in [2.45, 2.75) is 0 Å². The van der Waals surface area contributed by atoms with Gasteiger partial charge in [0.1, 0.15) is 16.5 Å². The van der Waals surface area contributed by atoms with Gasteiger partial charge in [-0.15, -0.1) is 0 Å². The van der Waals surface area contributed by atoms with E-state index in [1.807, 2.05) is 0 Å². The second-order valence-electron chi connectivity index (χ2n) is 2.39. The minimum atomic E-state index is 0.139. The lowest BCUT2D eigenvalue weighted by Gasteiger charge is -2.04. The summed E-state index contributed by atoms with van der Waals surface area (Å²) in [5.41, 5.74) is 0.389. The van der Waals surface area contributed by atoms with Crippen LogP contribution in [0.4, 0.5) is 11.4 Å². The molecule has 0 N–H and O–H groups in total. The van der Waals surface area contributed by atoms with Gasteiger partial charge in [-0.2, -0.15) is 9.98 Å². The molecule has 0 bridgehead atoms. The number of hydrogen-bond acceptors (Lipinski definition) is 5. The van der Waals surface area contributed by atoms with E-state index in [0.717, 1.165) is 0 Å². The number of rotatable bonds is 3. The molecule has 6 heteroatoms. The van der Waals surface area contributed by atoms with Gasteiger partial charge >= 0.3 is 0 Å². The lowest BCUT2D eigenvalue weighted by Crippen LogP contribution is -1.84. The zero-order valence-corrected chi connectivity index (χ0v) is 8.41. The van der Waals surface area contributed by atoms with E-state index in [1.54, 1.807) is 0 Å². The highest BCUT2D eigenvalue weighted by atomic mass is 35.5. The zero-order chi connectivity index (χ0) is 11.3. The Balaban J connectivity index is 3.43. The summed E-state index contributed by atoms with van der Waals surface area (Å²) in [7, 11) is 1.39. The van der Waals surface area contributed by atoms with Crippen LogP contribution < -0.4 is 4.74 Å². The summed E-state index contributed by atoms with van der Waals surface area (Å²) in [5.74, 6) is 0.266. The Morgan fingerprint density at radius 1 is 1.27 bits per heavy atom. The van der Waals surface area contributed by atoms with Gasteiger partial charge in [0.25, 0.3) is 0 Å². The SMILES string of the molecule is COc1cc(N=C=O)cc(N=C=O)c1Cl. The summed E-state index contributed by atoms with van der Waals surface area (Å²) >= 11 is 5.82. The summed E-state index contributed by atoms with van der Waals surface area (Å²) in [6.07, 6.45) is 2.70. The molecule has 0 radical (unpaired) electrons. The lowest BCUT2D eigenvalue weighted by molar-refractivity contribution is 0.415. The Bertz CT molecular complexity index is 474. The van der Waals surface area contributed by atoms with E-state index in [-0.39, 0.29) is 22.1 Å². The molecule has 0 heterocycles. The highest BCUT2D eigenvalue weighted by Gasteiger charge is 2.08. The van der Waals surface area contributed by atoms with Gasteiger partial charge in [-0.25, -0.2) is 9.59 Å². The first kappa shape index (κ1) is 11.1. The lowest BCUT2D eigenvalue weighted by atomic mass is 10.2. The summed E-state index contributed by atoms with van der Waals surface area (Å²) in [6, 6.07) is 2.78. The monoisotopic (exact) mass is 224 g/mol. The highest BCUT2D eigenvalue weighted by molar-refractivity contribution is 6.34. The zero-order valence-electron chi connectivity index (χ0n) is 7.65. The first-order chi connectivity index (χ1) is 7.22. The van der Waals surface area contributed by atoms with Crippen LogP contribution in [-0.2, 0) is 9.59 Å². The molecular formula is C9H5ClN2O3. The molecule has 0 aromatic heterocycles. The van der Waals surface area contributed by atoms with Crippen molar-refractivity contribution >= 4 is 35.1 Å². The van der Waals surface area contributed by atoms with E-state index < -0.39 is 0 Å². The van der Waals surface area contributed by atoms with Crippen LogP contribution in [0.1, 0.15) is 0 Å². The molecule has 0 unspecified atom stereocenters. The predicted molar refractivity (Wildman–Crippen MR) is 53.6 cm³/mol. The van der Waals surface area contributed by atoms with Crippen LogP contribution in [0.15, 0.2) is 22.1 Å². The first-order valence-electron chi connectivity index (χ1n) is 3.76. The minimum absolute atomic E-state index is 0.139. The molecule has 0 atom stereocenters. The van der Waals surface area contributed by atoms with Crippen LogP contribution in [0.5, 0.6) is 5.75 Å². The van der Waals surface area contributed by atoms with Crippen molar-refractivity contribution in [2.24, 2.45) is 9.98 Å².